The zero-order valence-electron chi connectivity index (χ0n) is 9.10. The molecule has 1 aliphatic heterocycles. The molecule has 1 fully saturated rings. The highest BCUT2D eigenvalue weighted by Gasteiger charge is 2.41. The van der Waals surface area contributed by atoms with E-state index in [2.05, 4.69) is 6.07 Å². The molecule has 16 heavy (non-hydrogen) atoms. The Morgan fingerprint density at radius 1 is 1.38 bits per heavy atom. The van der Waals surface area contributed by atoms with Crippen molar-refractivity contribution in [2.75, 3.05) is 13.2 Å². The van der Waals surface area contributed by atoms with Crippen molar-refractivity contribution in [2.45, 2.75) is 18.9 Å². The number of ether oxygens (including phenoxy) is 1. The van der Waals surface area contributed by atoms with E-state index in [1.165, 1.54) is 0 Å². The lowest BCUT2D eigenvalue weighted by molar-refractivity contribution is -0.0505. The molecule has 1 saturated heterocycles. The van der Waals surface area contributed by atoms with Crippen molar-refractivity contribution >= 4 is 0 Å². The summed E-state index contributed by atoms with van der Waals surface area (Å²) >= 11 is 0. The largest absolute Gasteiger partial charge is 0.387 e. The van der Waals surface area contributed by atoms with Gasteiger partial charge in [0.15, 0.2) is 0 Å². The van der Waals surface area contributed by atoms with Crippen molar-refractivity contribution in [1.82, 2.24) is 0 Å². The van der Waals surface area contributed by atoms with E-state index in [4.69, 9.17) is 4.74 Å². The average Bonchev–Trinajstić information content (AvgIpc) is 2.39. The molecule has 2 atom stereocenters. The SMILES string of the molecule is N#CC1(C(O)c2ccccc2)CCCOC1. The van der Waals surface area contributed by atoms with Gasteiger partial charge in [0.1, 0.15) is 5.41 Å². The van der Waals surface area contributed by atoms with Gasteiger partial charge in [0.05, 0.1) is 18.8 Å². The molecule has 0 radical (unpaired) electrons. The molecule has 0 aromatic heterocycles. The monoisotopic (exact) mass is 217 g/mol. The van der Waals surface area contributed by atoms with Crippen LogP contribution in [0.5, 0.6) is 0 Å². The maximum Gasteiger partial charge on any atom is 0.111 e. The molecule has 0 aliphatic carbocycles. The van der Waals surface area contributed by atoms with E-state index >= 15 is 0 Å². The second-order valence-electron chi connectivity index (χ2n) is 4.24. The lowest BCUT2D eigenvalue weighted by atomic mass is 9.76. The van der Waals surface area contributed by atoms with Crippen molar-refractivity contribution in [3.63, 3.8) is 0 Å². The Morgan fingerprint density at radius 3 is 2.69 bits per heavy atom. The van der Waals surface area contributed by atoms with E-state index in [0.29, 0.717) is 19.6 Å². The van der Waals surface area contributed by atoms with Gasteiger partial charge in [0.2, 0.25) is 0 Å². The van der Waals surface area contributed by atoms with Gasteiger partial charge in [-0.05, 0) is 18.4 Å². The summed E-state index contributed by atoms with van der Waals surface area (Å²) in [5.74, 6) is 0. The number of nitrogens with zero attached hydrogens (tertiary/aromatic N) is 1. The van der Waals surface area contributed by atoms with Gasteiger partial charge in [-0.3, -0.25) is 0 Å². The van der Waals surface area contributed by atoms with Crippen molar-refractivity contribution in [3.8, 4) is 6.07 Å². The van der Waals surface area contributed by atoms with Crippen LogP contribution >= 0.6 is 0 Å². The van der Waals surface area contributed by atoms with Gasteiger partial charge >= 0.3 is 0 Å². The van der Waals surface area contributed by atoms with Crippen LogP contribution in [0.3, 0.4) is 0 Å². The van der Waals surface area contributed by atoms with Gasteiger partial charge in [-0.15, -0.1) is 0 Å². The molecule has 0 bridgehead atoms. The van der Waals surface area contributed by atoms with Gasteiger partial charge in [0, 0.05) is 6.61 Å². The van der Waals surface area contributed by atoms with Crippen LogP contribution in [-0.2, 0) is 4.74 Å². The molecule has 1 heterocycles. The Balaban J connectivity index is 2.25. The second kappa shape index (κ2) is 4.65. The molecule has 3 nitrogen and oxygen atoms in total. The van der Waals surface area contributed by atoms with Gasteiger partial charge in [-0.1, -0.05) is 30.3 Å². The van der Waals surface area contributed by atoms with Crippen molar-refractivity contribution < 1.29 is 9.84 Å². The van der Waals surface area contributed by atoms with Crippen molar-refractivity contribution in [2.24, 2.45) is 5.41 Å². The first-order chi connectivity index (χ1) is 7.78. The Labute approximate surface area is 95.3 Å². The number of aliphatic hydroxyl groups excluding tert-OH is 1. The summed E-state index contributed by atoms with van der Waals surface area (Å²) in [6.07, 6.45) is 0.760. The van der Waals surface area contributed by atoms with E-state index in [1.807, 2.05) is 30.3 Å². The topological polar surface area (TPSA) is 53.2 Å². The summed E-state index contributed by atoms with van der Waals surface area (Å²) in [5, 5.41) is 19.6. The number of benzene rings is 1. The van der Waals surface area contributed by atoms with Crippen LogP contribution < -0.4 is 0 Å². The van der Waals surface area contributed by atoms with Gasteiger partial charge in [-0.25, -0.2) is 0 Å². The Hall–Kier alpha value is -1.37. The third-order valence-corrected chi connectivity index (χ3v) is 3.13. The molecule has 0 amide bonds. The average molecular weight is 217 g/mol. The van der Waals surface area contributed by atoms with Crippen LogP contribution in [-0.4, -0.2) is 18.3 Å². The smallest absolute Gasteiger partial charge is 0.111 e. The first kappa shape index (κ1) is 11.1. The first-order valence-electron chi connectivity index (χ1n) is 5.50. The summed E-state index contributed by atoms with van der Waals surface area (Å²) < 4.78 is 5.34. The van der Waals surface area contributed by atoms with Crippen molar-refractivity contribution in [1.29, 1.82) is 5.26 Å². The molecular weight excluding hydrogens is 202 g/mol. The van der Waals surface area contributed by atoms with Crippen LogP contribution in [0, 0.1) is 16.7 Å². The standard InChI is InChI=1S/C13H15NO2/c14-9-13(7-4-8-16-10-13)12(15)11-5-2-1-3-6-11/h1-3,5-6,12,15H,4,7-8,10H2. The highest BCUT2D eigenvalue weighted by atomic mass is 16.5. The highest BCUT2D eigenvalue weighted by molar-refractivity contribution is 5.23. The maximum absolute atomic E-state index is 10.3. The number of rotatable bonds is 2. The summed E-state index contributed by atoms with van der Waals surface area (Å²) in [6, 6.07) is 11.6. The molecule has 3 heteroatoms. The Kier molecular flexibility index (Phi) is 3.23. The van der Waals surface area contributed by atoms with E-state index in [1.54, 1.807) is 0 Å². The van der Waals surface area contributed by atoms with Crippen molar-refractivity contribution in [3.05, 3.63) is 35.9 Å². The normalized spacial score (nSPS) is 27.0. The Bertz CT molecular complexity index is 377. The van der Waals surface area contributed by atoms with Crippen LogP contribution in [0.4, 0.5) is 0 Å². The number of hydrogen-bond acceptors (Lipinski definition) is 3. The van der Waals surface area contributed by atoms with Crippen LogP contribution in [0.2, 0.25) is 0 Å². The molecule has 1 aromatic carbocycles. The lowest BCUT2D eigenvalue weighted by Crippen LogP contribution is -2.36. The zero-order chi connectivity index (χ0) is 11.4. The van der Waals surface area contributed by atoms with Gasteiger partial charge in [0.25, 0.3) is 0 Å². The lowest BCUT2D eigenvalue weighted by Gasteiger charge is -2.34. The molecule has 0 spiro atoms. The number of hydrogen-bond donors (Lipinski definition) is 1. The van der Waals surface area contributed by atoms with E-state index in [9.17, 15) is 10.4 Å². The van der Waals surface area contributed by atoms with Gasteiger partial charge < -0.3 is 9.84 Å². The molecule has 1 N–H and O–H groups in total. The summed E-state index contributed by atoms with van der Waals surface area (Å²) in [5.41, 5.74) is 0.00845. The third-order valence-electron chi connectivity index (χ3n) is 3.13. The predicted molar refractivity (Wildman–Crippen MR) is 59.5 cm³/mol. The minimum atomic E-state index is -0.778. The predicted octanol–water partition coefficient (Wildman–Crippen LogP) is 2.04. The fraction of sp³-hybridized carbons (Fsp3) is 0.462. The van der Waals surface area contributed by atoms with Gasteiger partial charge in [-0.2, -0.15) is 5.26 Å². The first-order valence-corrected chi connectivity index (χ1v) is 5.50. The quantitative estimate of drug-likeness (QED) is 0.824. The van der Waals surface area contributed by atoms with Crippen LogP contribution in [0.1, 0.15) is 24.5 Å². The van der Waals surface area contributed by atoms with E-state index in [-0.39, 0.29) is 0 Å². The maximum atomic E-state index is 10.3. The summed E-state index contributed by atoms with van der Waals surface area (Å²) in [4.78, 5) is 0. The van der Waals surface area contributed by atoms with E-state index < -0.39 is 11.5 Å². The molecule has 2 rings (SSSR count). The van der Waals surface area contributed by atoms with Crippen LogP contribution in [0.15, 0.2) is 30.3 Å². The molecule has 1 aromatic rings. The second-order valence-corrected chi connectivity index (χ2v) is 4.24. The molecule has 1 aliphatic rings. The molecule has 0 saturated carbocycles. The van der Waals surface area contributed by atoms with E-state index in [0.717, 1.165) is 12.0 Å². The summed E-state index contributed by atoms with van der Waals surface area (Å²) in [6.45, 7) is 1.00. The molecule has 84 valence electrons. The zero-order valence-corrected chi connectivity index (χ0v) is 9.10. The fourth-order valence-corrected chi connectivity index (χ4v) is 2.14. The molecule has 2 unspecified atom stereocenters. The Morgan fingerprint density at radius 2 is 2.12 bits per heavy atom. The van der Waals surface area contributed by atoms with Crippen LogP contribution in [0.25, 0.3) is 0 Å². The third kappa shape index (κ3) is 1.95. The number of aliphatic hydroxyl groups is 1. The fourth-order valence-electron chi connectivity index (χ4n) is 2.14. The minimum absolute atomic E-state index is 0.319. The highest BCUT2D eigenvalue weighted by Crippen LogP contribution is 2.40. The molecular formula is C13H15NO2. The summed E-state index contributed by atoms with van der Waals surface area (Å²) in [7, 11) is 0. The minimum Gasteiger partial charge on any atom is -0.387 e. The number of nitriles is 1.